The zero-order valence-electron chi connectivity index (χ0n) is 9.39. The number of nitrogens with zero attached hydrogens (tertiary/aromatic N) is 2. The molecule has 4 nitrogen and oxygen atoms in total. The summed E-state index contributed by atoms with van der Waals surface area (Å²) >= 11 is 1.53. The molecule has 1 aliphatic rings. The van der Waals surface area contributed by atoms with Gasteiger partial charge in [0.1, 0.15) is 0 Å². The van der Waals surface area contributed by atoms with Crippen molar-refractivity contribution in [2.24, 2.45) is 11.7 Å². The van der Waals surface area contributed by atoms with Gasteiger partial charge in [0.25, 0.3) is 0 Å². The summed E-state index contributed by atoms with van der Waals surface area (Å²) in [6.45, 7) is 1.98. The lowest BCUT2D eigenvalue weighted by atomic mass is 9.99. The van der Waals surface area contributed by atoms with Crippen molar-refractivity contribution in [3.05, 3.63) is 18.0 Å². The van der Waals surface area contributed by atoms with Crippen LogP contribution in [0.5, 0.6) is 0 Å². The normalized spacial score (nSPS) is 19.4. The second-order valence-electron chi connectivity index (χ2n) is 4.43. The molecule has 5 heteroatoms. The van der Waals surface area contributed by atoms with E-state index in [4.69, 9.17) is 5.73 Å². The van der Waals surface area contributed by atoms with Gasteiger partial charge in [-0.1, -0.05) is 11.8 Å². The number of aliphatic hydroxyl groups excluding tert-OH is 1. The second kappa shape index (κ2) is 4.69. The molecule has 0 bridgehead atoms. The highest BCUT2D eigenvalue weighted by Gasteiger charge is 2.41. The zero-order chi connectivity index (χ0) is 11.6. The summed E-state index contributed by atoms with van der Waals surface area (Å²) < 4.78 is 0. The van der Waals surface area contributed by atoms with Crippen LogP contribution in [0.25, 0.3) is 0 Å². The first-order chi connectivity index (χ1) is 7.64. The number of aliphatic hydroxyl groups is 1. The van der Waals surface area contributed by atoms with Crippen LogP contribution in [0.3, 0.4) is 0 Å². The molecular formula is C11H17N3OS. The first kappa shape index (κ1) is 11.8. The first-order valence-corrected chi connectivity index (χ1v) is 6.45. The highest BCUT2D eigenvalue weighted by atomic mass is 32.2. The number of aromatic nitrogens is 2. The molecule has 1 heterocycles. The third kappa shape index (κ3) is 2.72. The quantitative estimate of drug-likeness (QED) is 0.592. The number of aryl methyl sites for hydroxylation is 1. The number of thioether (sulfide) groups is 1. The molecule has 1 saturated carbocycles. The Bertz CT molecular complexity index is 370. The summed E-state index contributed by atoms with van der Waals surface area (Å²) in [5.74, 6) is 1.15. The van der Waals surface area contributed by atoms with Gasteiger partial charge in [-0.3, -0.25) is 0 Å². The molecule has 0 spiro atoms. The smallest absolute Gasteiger partial charge is 0.187 e. The number of nitrogens with two attached hydrogens (primary N) is 1. The number of hydrogen-bond donors (Lipinski definition) is 2. The van der Waals surface area contributed by atoms with Gasteiger partial charge in [0.2, 0.25) is 0 Å². The van der Waals surface area contributed by atoms with Gasteiger partial charge in [-0.25, -0.2) is 9.97 Å². The van der Waals surface area contributed by atoms with E-state index in [0.717, 1.165) is 23.7 Å². The molecule has 0 radical (unpaired) electrons. The molecule has 1 atom stereocenters. The van der Waals surface area contributed by atoms with E-state index in [1.54, 1.807) is 6.20 Å². The third-order valence-corrected chi connectivity index (χ3v) is 4.06. The van der Waals surface area contributed by atoms with Gasteiger partial charge in [0.15, 0.2) is 5.16 Å². The largest absolute Gasteiger partial charge is 0.394 e. The molecule has 2 rings (SSSR count). The Morgan fingerprint density at radius 3 is 2.94 bits per heavy atom. The minimum Gasteiger partial charge on any atom is -0.394 e. The van der Waals surface area contributed by atoms with Crippen LogP contribution in [0, 0.1) is 12.8 Å². The van der Waals surface area contributed by atoms with Crippen LogP contribution in [-0.4, -0.2) is 33.0 Å². The maximum atomic E-state index is 9.35. The van der Waals surface area contributed by atoms with Gasteiger partial charge in [-0.15, -0.1) is 0 Å². The molecule has 1 fully saturated rings. The molecular weight excluding hydrogens is 222 g/mol. The van der Waals surface area contributed by atoms with Crippen molar-refractivity contribution in [2.45, 2.75) is 30.5 Å². The fraction of sp³-hybridized carbons (Fsp3) is 0.636. The average Bonchev–Trinajstić information content (AvgIpc) is 3.10. The van der Waals surface area contributed by atoms with E-state index >= 15 is 0 Å². The van der Waals surface area contributed by atoms with Gasteiger partial charge >= 0.3 is 0 Å². The van der Waals surface area contributed by atoms with Crippen molar-refractivity contribution in [1.82, 2.24) is 9.97 Å². The Hall–Kier alpha value is -0.650. The van der Waals surface area contributed by atoms with Gasteiger partial charge < -0.3 is 10.8 Å². The molecule has 3 N–H and O–H groups in total. The van der Waals surface area contributed by atoms with Crippen molar-refractivity contribution in [3.8, 4) is 0 Å². The Balaban J connectivity index is 1.95. The fourth-order valence-corrected chi connectivity index (χ4v) is 2.71. The summed E-state index contributed by atoms with van der Waals surface area (Å²) in [6, 6.07) is 1.87. The van der Waals surface area contributed by atoms with Crippen LogP contribution in [0.4, 0.5) is 0 Å². The lowest BCUT2D eigenvalue weighted by molar-refractivity contribution is 0.194. The predicted molar refractivity (Wildman–Crippen MR) is 64.2 cm³/mol. The van der Waals surface area contributed by atoms with Gasteiger partial charge in [-0.05, 0) is 31.7 Å². The Morgan fingerprint density at radius 1 is 1.62 bits per heavy atom. The lowest BCUT2D eigenvalue weighted by Gasteiger charge is -2.26. The maximum Gasteiger partial charge on any atom is 0.187 e. The number of rotatable bonds is 5. The SMILES string of the molecule is Cc1ccnc(SCC(N)(CO)C2CC2)n1. The topological polar surface area (TPSA) is 72.0 Å². The molecule has 0 amide bonds. The molecule has 1 unspecified atom stereocenters. The highest BCUT2D eigenvalue weighted by molar-refractivity contribution is 7.99. The summed E-state index contributed by atoms with van der Waals surface area (Å²) in [5.41, 5.74) is 6.66. The molecule has 0 saturated heterocycles. The first-order valence-electron chi connectivity index (χ1n) is 5.46. The third-order valence-electron chi connectivity index (χ3n) is 2.93. The van der Waals surface area contributed by atoms with Crippen LogP contribution in [0.15, 0.2) is 17.4 Å². The molecule has 1 aromatic rings. The van der Waals surface area contributed by atoms with E-state index in [9.17, 15) is 5.11 Å². The van der Waals surface area contributed by atoms with Crippen molar-refractivity contribution >= 4 is 11.8 Å². The Labute approximate surface area is 99.7 Å². The summed E-state index contributed by atoms with van der Waals surface area (Å²) in [7, 11) is 0. The summed E-state index contributed by atoms with van der Waals surface area (Å²) in [5, 5.41) is 10.1. The Morgan fingerprint density at radius 2 is 2.38 bits per heavy atom. The van der Waals surface area contributed by atoms with Crippen molar-refractivity contribution < 1.29 is 5.11 Å². The fourth-order valence-electron chi connectivity index (χ4n) is 1.65. The lowest BCUT2D eigenvalue weighted by Crippen LogP contribution is -2.48. The Kier molecular flexibility index (Phi) is 3.47. The molecule has 88 valence electrons. The summed E-state index contributed by atoms with van der Waals surface area (Å²) in [6.07, 6.45) is 4.01. The molecule has 16 heavy (non-hydrogen) atoms. The molecule has 1 aliphatic carbocycles. The van der Waals surface area contributed by atoms with E-state index in [2.05, 4.69) is 9.97 Å². The molecule has 0 aliphatic heterocycles. The van der Waals surface area contributed by atoms with Crippen molar-refractivity contribution in [1.29, 1.82) is 0 Å². The van der Waals surface area contributed by atoms with Gasteiger partial charge in [0.05, 0.1) is 12.1 Å². The van der Waals surface area contributed by atoms with E-state index in [1.807, 2.05) is 13.0 Å². The second-order valence-corrected chi connectivity index (χ2v) is 5.38. The van der Waals surface area contributed by atoms with Crippen LogP contribution in [0.1, 0.15) is 18.5 Å². The van der Waals surface area contributed by atoms with E-state index in [0.29, 0.717) is 11.7 Å². The monoisotopic (exact) mass is 239 g/mol. The minimum absolute atomic E-state index is 0.0382. The van der Waals surface area contributed by atoms with E-state index in [1.165, 1.54) is 11.8 Å². The van der Waals surface area contributed by atoms with Gasteiger partial charge in [0, 0.05) is 17.6 Å². The van der Waals surface area contributed by atoms with Crippen LogP contribution >= 0.6 is 11.8 Å². The van der Waals surface area contributed by atoms with Crippen LogP contribution in [0.2, 0.25) is 0 Å². The summed E-state index contributed by atoms with van der Waals surface area (Å²) in [4.78, 5) is 8.48. The number of hydrogen-bond acceptors (Lipinski definition) is 5. The van der Waals surface area contributed by atoms with Crippen molar-refractivity contribution in [3.63, 3.8) is 0 Å². The van der Waals surface area contributed by atoms with Gasteiger partial charge in [-0.2, -0.15) is 0 Å². The highest BCUT2D eigenvalue weighted by Crippen LogP contribution is 2.40. The molecule has 1 aromatic heterocycles. The van der Waals surface area contributed by atoms with Crippen molar-refractivity contribution in [2.75, 3.05) is 12.4 Å². The van der Waals surface area contributed by atoms with Crippen LogP contribution < -0.4 is 5.73 Å². The van der Waals surface area contributed by atoms with E-state index in [-0.39, 0.29) is 6.61 Å². The minimum atomic E-state index is -0.461. The maximum absolute atomic E-state index is 9.35. The predicted octanol–water partition coefficient (Wildman–Crippen LogP) is 0.977. The molecule has 0 aromatic carbocycles. The zero-order valence-corrected chi connectivity index (χ0v) is 10.2. The standard InChI is InChI=1S/C11H17N3OS/c1-8-4-5-13-10(14-8)16-7-11(12,6-15)9-2-3-9/h4-5,9,15H,2-3,6-7,12H2,1H3. The van der Waals surface area contributed by atoms with Crippen LogP contribution in [-0.2, 0) is 0 Å². The average molecular weight is 239 g/mol. The van der Waals surface area contributed by atoms with E-state index < -0.39 is 5.54 Å².